The number of nitrogens with zero attached hydrogens (tertiary/aromatic N) is 1. The van der Waals surface area contributed by atoms with E-state index in [2.05, 4.69) is 71.6 Å². The van der Waals surface area contributed by atoms with E-state index in [1.165, 1.54) is 27.8 Å². The van der Waals surface area contributed by atoms with Crippen LogP contribution < -0.4 is 0 Å². The van der Waals surface area contributed by atoms with E-state index in [0.717, 1.165) is 57.3 Å². The molecule has 0 spiro atoms. The smallest absolute Gasteiger partial charge is 0.313 e. The molecular weight excluding hydrogens is 442 g/mol. The van der Waals surface area contributed by atoms with Gasteiger partial charge in [0, 0.05) is 6.54 Å². The fourth-order valence-corrected chi connectivity index (χ4v) is 6.03. The normalized spacial score (nSPS) is 17.0. The summed E-state index contributed by atoms with van der Waals surface area (Å²) in [6.45, 7) is 5.44. The van der Waals surface area contributed by atoms with E-state index < -0.39 is 0 Å². The lowest BCUT2D eigenvalue weighted by atomic mass is 9.80. The molecule has 1 atom stereocenters. The Morgan fingerprint density at radius 1 is 0.889 bits per heavy atom. The van der Waals surface area contributed by atoms with Crippen LogP contribution in [-0.2, 0) is 22.4 Å². The number of fused-ring (bicyclic) bond motifs is 2. The van der Waals surface area contributed by atoms with Gasteiger partial charge in [-0.15, -0.1) is 0 Å². The first-order valence-electron chi connectivity index (χ1n) is 13.5. The summed E-state index contributed by atoms with van der Waals surface area (Å²) in [5.41, 5.74) is 8.16. The quantitative estimate of drug-likeness (QED) is 0.355. The van der Waals surface area contributed by atoms with E-state index in [4.69, 9.17) is 4.74 Å². The number of carbonyl (C=O) groups excluding carboxylic acids is 1. The van der Waals surface area contributed by atoms with Gasteiger partial charge in [-0.05, 0) is 91.4 Å². The first-order chi connectivity index (χ1) is 17.7. The van der Waals surface area contributed by atoms with E-state index in [1.54, 1.807) is 0 Å². The summed E-state index contributed by atoms with van der Waals surface area (Å²) in [5.74, 6) is 0.105. The van der Waals surface area contributed by atoms with Crippen molar-refractivity contribution in [2.24, 2.45) is 5.92 Å². The Morgan fingerprint density at radius 2 is 1.47 bits per heavy atom. The highest BCUT2D eigenvalue weighted by atomic mass is 16.5. The molecule has 3 aromatic rings. The SMILES string of the molecule is CCOC(=O)C(c1ccccc1)C1CCN(CCC=C2c3ccccc3CCc3ccccc32)CC1. The number of ether oxygens (including phenoxy) is 1. The highest BCUT2D eigenvalue weighted by molar-refractivity contribution is 5.84. The van der Waals surface area contributed by atoms with Gasteiger partial charge in [-0.25, -0.2) is 0 Å². The van der Waals surface area contributed by atoms with Crippen LogP contribution in [0.2, 0.25) is 0 Å². The summed E-state index contributed by atoms with van der Waals surface area (Å²) in [6, 6.07) is 28.0. The van der Waals surface area contributed by atoms with E-state index in [9.17, 15) is 4.79 Å². The van der Waals surface area contributed by atoms with Crippen molar-refractivity contribution in [3.63, 3.8) is 0 Å². The number of likely N-dealkylation sites (tertiary alicyclic amines) is 1. The monoisotopic (exact) mass is 479 g/mol. The van der Waals surface area contributed by atoms with Gasteiger partial charge >= 0.3 is 5.97 Å². The lowest BCUT2D eigenvalue weighted by Crippen LogP contribution is -2.38. The fourth-order valence-electron chi connectivity index (χ4n) is 6.03. The summed E-state index contributed by atoms with van der Waals surface area (Å²) in [6.07, 6.45) is 7.74. The van der Waals surface area contributed by atoms with Crippen LogP contribution in [0.1, 0.15) is 59.9 Å². The highest BCUT2D eigenvalue weighted by Gasteiger charge is 2.33. The first-order valence-corrected chi connectivity index (χ1v) is 13.5. The molecule has 1 aliphatic heterocycles. The molecule has 3 heteroatoms. The number of hydrogen-bond donors (Lipinski definition) is 0. The van der Waals surface area contributed by atoms with Crippen LogP contribution in [0, 0.1) is 5.92 Å². The van der Waals surface area contributed by atoms with Gasteiger partial charge < -0.3 is 9.64 Å². The molecule has 1 heterocycles. The van der Waals surface area contributed by atoms with Crippen LogP contribution in [0.25, 0.3) is 5.57 Å². The molecule has 0 aromatic heterocycles. The maximum absolute atomic E-state index is 12.9. The van der Waals surface area contributed by atoms with Gasteiger partial charge in [-0.1, -0.05) is 84.9 Å². The fraction of sp³-hybridized carbons (Fsp3) is 0.364. The molecule has 1 aliphatic carbocycles. The molecule has 0 saturated carbocycles. The topological polar surface area (TPSA) is 29.5 Å². The summed E-state index contributed by atoms with van der Waals surface area (Å²) >= 11 is 0. The van der Waals surface area contributed by atoms with Crippen LogP contribution in [0.3, 0.4) is 0 Å². The third-order valence-electron chi connectivity index (χ3n) is 7.88. The molecule has 1 fully saturated rings. The summed E-state index contributed by atoms with van der Waals surface area (Å²) in [4.78, 5) is 15.4. The number of carbonyl (C=O) groups is 1. The second-order valence-corrected chi connectivity index (χ2v) is 10.0. The van der Waals surface area contributed by atoms with Gasteiger partial charge in [0.25, 0.3) is 0 Å². The molecule has 5 rings (SSSR count). The lowest BCUT2D eigenvalue weighted by molar-refractivity contribution is -0.146. The highest BCUT2D eigenvalue weighted by Crippen LogP contribution is 2.35. The summed E-state index contributed by atoms with van der Waals surface area (Å²) in [7, 11) is 0. The average Bonchev–Trinajstić information content (AvgIpc) is 3.08. The number of aryl methyl sites for hydroxylation is 2. The Hall–Kier alpha value is -3.17. The number of rotatable bonds is 7. The maximum atomic E-state index is 12.9. The van der Waals surface area contributed by atoms with E-state index >= 15 is 0 Å². The second-order valence-electron chi connectivity index (χ2n) is 10.0. The number of esters is 1. The Kier molecular flexibility index (Phi) is 7.98. The second kappa shape index (κ2) is 11.7. The van der Waals surface area contributed by atoms with Crippen molar-refractivity contribution in [3.8, 4) is 0 Å². The predicted octanol–water partition coefficient (Wildman–Crippen LogP) is 6.67. The van der Waals surface area contributed by atoms with Crippen LogP contribution in [0.4, 0.5) is 0 Å². The van der Waals surface area contributed by atoms with Crippen LogP contribution >= 0.6 is 0 Å². The summed E-state index contributed by atoms with van der Waals surface area (Å²) < 4.78 is 5.48. The standard InChI is InChI=1S/C33H37NO2/c1-2-36-33(35)32(27-13-4-3-5-14-27)28-20-23-34(24-21-28)22-10-17-31-29-15-8-6-11-25(29)18-19-26-12-7-9-16-30(26)31/h3-9,11-17,28,32H,2,10,18-24H2,1H3. The van der Waals surface area contributed by atoms with Gasteiger partial charge in [0.1, 0.15) is 0 Å². The van der Waals surface area contributed by atoms with E-state index in [0.29, 0.717) is 12.5 Å². The van der Waals surface area contributed by atoms with Gasteiger partial charge in [0.15, 0.2) is 0 Å². The van der Waals surface area contributed by atoms with E-state index in [-0.39, 0.29) is 11.9 Å². The summed E-state index contributed by atoms with van der Waals surface area (Å²) in [5, 5.41) is 0. The average molecular weight is 480 g/mol. The lowest BCUT2D eigenvalue weighted by Gasteiger charge is -2.35. The van der Waals surface area contributed by atoms with Crippen LogP contribution in [0.5, 0.6) is 0 Å². The molecule has 0 N–H and O–H groups in total. The zero-order valence-electron chi connectivity index (χ0n) is 21.4. The van der Waals surface area contributed by atoms with Gasteiger partial charge in [0.05, 0.1) is 12.5 Å². The number of hydrogen-bond acceptors (Lipinski definition) is 3. The maximum Gasteiger partial charge on any atom is 0.313 e. The van der Waals surface area contributed by atoms with E-state index in [1.807, 2.05) is 25.1 Å². The number of piperidine rings is 1. The van der Waals surface area contributed by atoms with Crippen molar-refractivity contribution in [3.05, 3.63) is 113 Å². The molecule has 3 nitrogen and oxygen atoms in total. The van der Waals surface area contributed by atoms with Crippen LogP contribution in [-0.4, -0.2) is 37.1 Å². The molecule has 0 amide bonds. The first kappa shape index (κ1) is 24.5. The number of benzene rings is 3. The molecule has 0 bridgehead atoms. The molecule has 3 aromatic carbocycles. The Labute approximate surface area is 215 Å². The molecule has 1 unspecified atom stereocenters. The van der Waals surface area contributed by atoms with Crippen molar-refractivity contribution in [1.82, 2.24) is 4.90 Å². The van der Waals surface area contributed by atoms with Crippen molar-refractivity contribution < 1.29 is 9.53 Å². The molecule has 2 aliphatic rings. The van der Waals surface area contributed by atoms with Crippen molar-refractivity contribution in [2.45, 2.75) is 44.9 Å². The Bertz CT molecular complexity index is 1140. The minimum Gasteiger partial charge on any atom is -0.466 e. The minimum absolute atomic E-state index is 0.0717. The van der Waals surface area contributed by atoms with Crippen molar-refractivity contribution in [1.29, 1.82) is 0 Å². The third kappa shape index (κ3) is 5.47. The zero-order valence-corrected chi connectivity index (χ0v) is 21.4. The van der Waals surface area contributed by atoms with Crippen molar-refractivity contribution >= 4 is 11.5 Å². The Balaban J connectivity index is 1.26. The molecule has 36 heavy (non-hydrogen) atoms. The largest absolute Gasteiger partial charge is 0.466 e. The molecule has 1 saturated heterocycles. The zero-order chi connectivity index (χ0) is 24.7. The molecule has 0 radical (unpaired) electrons. The van der Waals surface area contributed by atoms with Gasteiger partial charge in [0.2, 0.25) is 0 Å². The predicted molar refractivity (Wildman–Crippen MR) is 147 cm³/mol. The van der Waals surface area contributed by atoms with Crippen molar-refractivity contribution in [2.75, 3.05) is 26.2 Å². The molecular formula is C33H37NO2. The molecule has 186 valence electrons. The van der Waals surface area contributed by atoms with Gasteiger partial charge in [-0.3, -0.25) is 4.79 Å². The van der Waals surface area contributed by atoms with Crippen LogP contribution in [0.15, 0.2) is 84.9 Å². The van der Waals surface area contributed by atoms with Gasteiger partial charge in [-0.2, -0.15) is 0 Å². The third-order valence-corrected chi connectivity index (χ3v) is 7.88. The Morgan fingerprint density at radius 3 is 2.08 bits per heavy atom. The minimum atomic E-state index is -0.158.